The fourth-order valence-corrected chi connectivity index (χ4v) is 2.10. The number of carbonyl (C=O) groups excluding carboxylic acids is 1. The van der Waals surface area contributed by atoms with E-state index < -0.39 is 17.3 Å². The van der Waals surface area contributed by atoms with Gasteiger partial charge < -0.3 is 5.32 Å². The summed E-state index contributed by atoms with van der Waals surface area (Å²) in [5.41, 5.74) is 1.33. The van der Waals surface area contributed by atoms with Crippen LogP contribution in [0.25, 0.3) is 11.3 Å². The zero-order chi connectivity index (χ0) is 16.9. The third-order valence-corrected chi connectivity index (χ3v) is 3.25. The van der Waals surface area contributed by atoms with E-state index in [4.69, 9.17) is 0 Å². The zero-order valence-corrected chi connectivity index (χ0v) is 12.5. The van der Waals surface area contributed by atoms with Gasteiger partial charge >= 0.3 is 0 Å². The van der Waals surface area contributed by atoms with Crippen LogP contribution in [0.4, 0.5) is 10.1 Å². The van der Waals surface area contributed by atoms with E-state index in [1.807, 2.05) is 6.07 Å². The van der Waals surface area contributed by atoms with Gasteiger partial charge in [0.25, 0.3) is 5.56 Å². The van der Waals surface area contributed by atoms with E-state index >= 15 is 0 Å². The average molecular weight is 324 g/mol. The Labute approximate surface area is 136 Å². The average Bonchev–Trinajstić information content (AvgIpc) is 2.60. The lowest BCUT2D eigenvalue weighted by atomic mass is 10.2. The van der Waals surface area contributed by atoms with E-state index in [0.717, 1.165) is 10.2 Å². The van der Waals surface area contributed by atoms with Crippen molar-refractivity contribution in [1.29, 1.82) is 0 Å². The minimum absolute atomic E-state index is 0.246. The van der Waals surface area contributed by atoms with Crippen molar-refractivity contribution in [2.24, 2.45) is 0 Å². The van der Waals surface area contributed by atoms with Gasteiger partial charge in [-0.2, -0.15) is 5.10 Å². The fraction of sp³-hybridized carbons (Fsp3) is 0.0588. The maximum atomic E-state index is 12.9. The molecule has 3 rings (SSSR count). The van der Waals surface area contributed by atoms with E-state index in [0.29, 0.717) is 11.4 Å². The van der Waals surface area contributed by atoms with Gasteiger partial charge in [-0.05, 0) is 42.5 Å². The van der Waals surface area contributed by atoms with Crippen LogP contribution in [-0.4, -0.2) is 20.7 Å². The Morgan fingerprint density at radius 2 is 1.92 bits per heavy atom. The first-order chi connectivity index (χ1) is 11.6. The number of aromatic nitrogens is 3. The molecule has 0 bridgehead atoms. The zero-order valence-electron chi connectivity index (χ0n) is 12.5. The van der Waals surface area contributed by atoms with Crippen LogP contribution in [0.1, 0.15) is 0 Å². The number of amides is 1. The summed E-state index contributed by atoms with van der Waals surface area (Å²) in [5.74, 6) is -0.824. The van der Waals surface area contributed by atoms with Crippen molar-refractivity contribution < 1.29 is 9.18 Å². The molecular weight excluding hydrogens is 311 g/mol. The second-order valence-corrected chi connectivity index (χ2v) is 5.01. The first kappa shape index (κ1) is 15.5. The van der Waals surface area contributed by atoms with Crippen LogP contribution in [0.3, 0.4) is 0 Å². The summed E-state index contributed by atoms with van der Waals surface area (Å²) in [6.45, 7) is -0.246. The van der Waals surface area contributed by atoms with Crippen molar-refractivity contribution in [3.05, 3.63) is 77.1 Å². The normalized spacial score (nSPS) is 10.4. The van der Waals surface area contributed by atoms with Crippen molar-refractivity contribution in [2.75, 3.05) is 5.32 Å². The summed E-state index contributed by atoms with van der Waals surface area (Å²) in [6, 6.07) is 11.8. The van der Waals surface area contributed by atoms with Crippen LogP contribution in [-0.2, 0) is 11.3 Å². The molecule has 0 atom stereocenters. The number of rotatable bonds is 4. The van der Waals surface area contributed by atoms with Crippen LogP contribution < -0.4 is 10.9 Å². The number of hydrogen-bond acceptors (Lipinski definition) is 4. The SMILES string of the molecule is O=C(Cn1nc(-c2cccnc2)ccc1=O)Nc1ccc(F)cc1. The van der Waals surface area contributed by atoms with Gasteiger partial charge in [0.2, 0.25) is 5.91 Å². The van der Waals surface area contributed by atoms with Gasteiger partial charge in [-0.15, -0.1) is 0 Å². The summed E-state index contributed by atoms with van der Waals surface area (Å²) in [5, 5.41) is 6.77. The molecule has 7 heteroatoms. The molecule has 6 nitrogen and oxygen atoms in total. The third kappa shape index (κ3) is 3.70. The van der Waals surface area contributed by atoms with Gasteiger partial charge in [-0.3, -0.25) is 14.6 Å². The summed E-state index contributed by atoms with van der Waals surface area (Å²) in [6.07, 6.45) is 3.26. The number of halogens is 1. The number of nitrogens with one attached hydrogen (secondary N) is 1. The molecule has 2 aromatic heterocycles. The predicted octanol–water partition coefficient (Wildman–Crippen LogP) is 2.08. The van der Waals surface area contributed by atoms with E-state index in [9.17, 15) is 14.0 Å². The highest BCUT2D eigenvalue weighted by Gasteiger charge is 2.08. The molecule has 0 aliphatic carbocycles. The number of benzene rings is 1. The maximum absolute atomic E-state index is 12.9. The van der Waals surface area contributed by atoms with E-state index in [1.165, 1.54) is 30.3 Å². The van der Waals surface area contributed by atoms with Crippen LogP contribution in [0.2, 0.25) is 0 Å². The topological polar surface area (TPSA) is 76.9 Å². The van der Waals surface area contributed by atoms with E-state index in [2.05, 4.69) is 15.4 Å². The van der Waals surface area contributed by atoms with E-state index in [1.54, 1.807) is 24.5 Å². The molecule has 0 radical (unpaired) electrons. The summed E-state index contributed by atoms with van der Waals surface area (Å²) < 4.78 is 13.9. The monoisotopic (exact) mass is 324 g/mol. The Kier molecular flexibility index (Phi) is 4.42. The number of hydrogen-bond donors (Lipinski definition) is 1. The van der Waals surface area contributed by atoms with Crippen LogP contribution in [0, 0.1) is 5.82 Å². The highest BCUT2D eigenvalue weighted by Crippen LogP contribution is 2.13. The van der Waals surface area contributed by atoms with Crippen molar-refractivity contribution in [1.82, 2.24) is 14.8 Å². The molecule has 1 amide bonds. The van der Waals surface area contributed by atoms with Gasteiger partial charge in [0.1, 0.15) is 12.4 Å². The molecule has 2 heterocycles. The molecule has 3 aromatic rings. The predicted molar refractivity (Wildman–Crippen MR) is 86.8 cm³/mol. The standard InChI is InChI=1S/C17H13FN4O2/c18-13-3-5-14(6-4-13)20-16(23)11-22-17(24)8-7-15(21-22)12-2-1-9-19-10-12/h1-10H,11H2,(H,20,23). The number of pyridine rings is 1. The third-order valence-electron chi connectivity index (χ3n) is 3.25. The minimum Gasteiger partial charge on any atom is -0.324 e. The molecule has 24 heavy (non-hydrogen) atoms. The van der Waals surface area contributed by atoms with Gasteiger partial charge in [0, 0.05) is 29.7 Å². The first-order valence-electron chi connectivity index (χ1n) is 7.16. The number of nitrogens with zero attached hydrogens (tertiary/aromatic N) is 3. The number of anilines is 1. The molecule has 120 valence electrons. The van der Waals surface area contributed by atoms with Crippen molar-refractivity contribution >= 4 is 11.6 Å². The first-order valence-corrected chi connectivity index (χ1v) is 7.16. The van der Waals surface area contributed by atoms with Crippen molar-refractivity contribution in [3.8, 4) is 11.3 Å². The Balaban J connectivity index is 1.78. The van der Waals surface area contributed by atoms with Gasteiger partial charge in [0.15, 0.2) is 0 Å². The Morgan fingerprint density at radius 1 is 1.12 bits per heavy atom. The highest BCUT2D eigenvalue weighted by molar-refractivity contribution is 5.90. The minimum atomic E-state index is -0.431. The summed E-state index contributed by atoms with van der Waals surface area (Å²) in [7, 11) is 0. The van der Waals surface area contributed by atoms with Gasteiger partial charge in [0.05, 0.1) is 5.69 Å². The highest BCUT2D eigenvalue weighted by atomic mass is 19.1. The molecule has 1 N–H and O–H groups in total. The van der Waals surface area contributed by atoms with Crippen LogP contribution in [0.15, 0.2) is 65.7 Å². The Bertz CT molecular complexity index is 908. The summed E-state index contributed by atoms with van der Waals surface area (Å²) >= 11 is 0. The maximum Gasteiger partial charge on any atom is 0.267 e. The Morgan fingerprint density at radius 3 is 2.62 bits per heavy atom. The second-order valence-electron chi connectivity index (χ2n) is 5.01. The van der Waals surface area contributed by atoms with Gasteiger partial charge in [-0.1, -0.05) is 0 Å². The number of carbonyl (C=O) groups is 1. The molecule has 0 spiro atoms. The molecule has 0 aliphatic rings. The molecular formula is C17H13FN4O2. The Hall–Kier alpha value is -3.35. The smallest absolute Gasteiger partial charge is 0.267 e. The second kappa shape index (κ2) is 6.82. The van der Waals surface area contributed by atoms with Crippen molar-refractivity contribution in [2.45, 2.75) is 6.54 Å². The lowest BCUT2D eigenvalue weighted by molar-refractivity contribution is -0.117. The molecule has 0 saturated heterocycles. The molecule has 0 fully saturated rings. The van der Waals surface area contributed by atoms with Crippen molar-refractivity contribution in [3.63, 3.8) is 0 Å². The fourth-order valence-electron chi connectivity index (χ4n) is 2.10. The van der Waals surface area contributed by atoms with E-state index in [-0.39, 0.29) is 6.54 Å². The molecule has 0 saturated carbocycles. The molecule has 0 unspecified atom stereocenters. The molecule has 1 aromatic carbocycles. The lowest BCUT2D eigenvalue weighted by Gasteiger charge is -2.08. The molecule has 0 aliphatic heterocycles. The van der Waals surface area contributed by atoms with Crippen LogP contribution >= 0.6 is 0 Å². The largest absolute Gasteiger partial charge is 0.324 e. The quantitative estimate of drug-likeness (QED) is 0.797. The summed E-state index contributed by atoms with van der Waals surface area (Å²) in [4.78, 5) is 27.9. The van der Waals surface area contributed by atoms with Gasteiger partial charge in [-0.25, -0.2) is 9.07 Å². The van der Waals surface area contributed by atoms with Crippen LogP contribution in [0.5, 0.6) is 0 Å². The lowest BCUT2D eigenvalue weighted by Crippen LogP contribution is -2.29.